The van der Waals surface area contributed by atoms with E-state index in [4.69, 9.17) is 4.74 Å². The first-order valence-electron chi connectivity index (χ1n) is 8.42. The van der Waals surface area contributed by atoms with Crippen molar-refractivity contribution < 1.29 is 9.53 Å². The average molecular weight is 351 g/mol. The third-order valence-corrected chi connectivity index (χ3v) is 4.15. The molecular weight excluding hydrogens is 330 g/mol. The van der Waals surface area contributed by atoms with Crippen molar-refractivity contribution in [3.63, 3.8) is 0 Å². The monoisotopic (exact) mass is 351 g/mol. The fraction of sp³-hybridized carbons (Fsp3) is 0.250. The molecule has 1 heterocycles. The van der Waals surface area contributed by atoms with Crippen LogP contribution < -0.4 is 10.9 Å². The number of amides is 1. The van der Waals surface area contributed by atoms with Crippen molar-refractivity contribution in [3.8, 4) is 0 Å². The first kappa shape index (κ1) is 17.8. The lowest BCUT2D eigenvalue weighted by Crippen LogP contribution is -2.29. The number of hydrogen-bond acceptors (Lipinski definition) is 4. The molecule has 6 heteroatoms. The molecule has 0 aliphatic rings. The van der Waals surface area contributed by atoms with Crippen LogP contribution in [0.15, 0.2) is 53.3 Å². The lowest BCUT2D eigenvalue weighted by Gasteiger charge is -2.12. The molecule has 26 heavy (non-hydrogen) atoms. The molecule has 0 saturated carbocycles. The first-order chi connectivity index (χ1) is 12.6. The van der Waals surface area contributed by atoms with E-state index in [0.29, 0.717) is 29.8 Å². The molecule has 0 unspecified atom stereocenters. The summed E-state index contributed by atoms with van der Waals surface area (Å²) in [6, 6.07) is 14.7. The zero-order chi connectivity index (χ0) is 18.5. The second-order valence-corrected chi connectivity index (χ2v) is 6.07. The van der Waals surface area contributed by atoms with Gasteiger partial charge in [-0.25, -0.2) is 4.68 Å². The number of rotatable bonds is 6. The molecule has 1 amide bonds. The van der Waals surface area contributed by atoms with Crippen LogP contribution in [0, 0.1) is 6.92 Å². The van der Waals surface area contributed by atoms with Gasteiger partial charge in [-0.2, -0.15) is 5.10 Å². The van der Waals surface area contributed by atoms with Gasteiger partial charge in [-0.05, 0) is 25.1 Å². The Hall–Kier alpha value is -2.99. The number of aromatic nitrogens is 2. The fourth-order valence-electron chi connectivity index (χ4n) is 2.82. The quantitative estimate of drug-likeness (QED) is 0.739. The number of hydrogen-bond donors (Lipinski definition) is 1. The van der Waals surface area contributed by atoms with Gasteiger partial charge < -0.3 is 10.1 Å². The highest BCUT2D eigenvalue weighted by molar-refractivity contribution is 5.94. The largest absolute Gasteiger partial charge is 0.383 e. The Labute approximate surface area is 151 Å². The van der Waals surface area contributed by atoms with Gasteiger partial charge in [-0.1, -0.05) is 35.9 Å². The zero-order valence-electron chi connectivity index (χ0n) is 14.9. The third-order valence-electron chi connectivity index (χ3n) is 4.15. The second-order valence-electron chi connectivity index (χ2n) is 6.07. The Balaban J connectivity index is 1.90. The van der Waals surface area contributed by atoms with E-state index in [1.807, 2.05) is 43.3 Å². The summed E-state index contributed by atoms with van der Waals surface area (Å²) in [7, 11) is 1.58. The summed E-state index contributed by atoms with van der Waals surface area (Å²) >= 11 is 0. The molecule has 3 rings (SSSR count). The Morgan fingerprint density at radius 1 is 1.15 bits per heavy atom. The van der Waals surface area contributed by atoms with Gasteiger partial charge in [0.2, 0.25) is 0 Å². The predicted molar refractivity (Wildman–Crippen MR) is 100 cm³/mol. The van der Waals surface area contributed by atoms with E-state index in [1.165, 1.54) is 4.68 Å². The second kappa shape index (κ2) is 7.93. The van der Waals surface area contributed by atoms with Crippen molar-refractivity contribution in [3.05, 3.63) is 75.7 Å². The minimum Gasteiger partial charge on any atom is -0.383 e. The fourth-order valence-corrected chi connectivity index (χ4v) is 2.82. The van der Waals surface area contributed by atoms with Crippen LogP contribution in [0.2, 0.25) is 0 Å². The highest BCUT2D eigenvalue weighted by Crippen LogP contribution is 2.13. The van der Waals surface area contributed by atoms with Gasteiger partial charge >= 0.3 is 0 Å². The van der Waals surface area contributed by atoms with E-state index in [1.54, 1.807) is 19.2 Å². The van der Waals surface area contributed by atoms with Gasteiger partial charge in [0.1, 0.15) is 0 Å². The lowest BCUT2D eigenvalue weighted by atomic mass is 10.1. The van der Waals surface area contributed by atoms with Crippen molar-refractivity contribution in [1.29, 1.82) is 0 Å². The number of nitrogens with one attached hydrogen (secondary N) is 1. The maximum atomic E-state index is 12.5. The number of carbonyl (C=O) groups is 1. The summed E-state index contributed by atoms with van der Waals surface area (Å²) in [5, 5.41) is 8.65. The van der Waals surface area contributed by atoms with Crippen LogP contribution in [0.1, 0.15) is 21.6 Å². The third kappa shape index (κ3) is 3.81. The molecule has 0 radical (unpaired) electrons. The minimum absolute atomic E-state index is 0.161. The molecule has 1 aromatic heterocycles. The van der Waals surface area contributed by atoms with Crippen molar-refractivity contribution in [2.45, 2.75) is 20.0 Å². The van der Waals surface area contributed by atoms with Gasteiger partial charge in [0.05, 0.1) is 30.8 Å². The number of benzene rings is 2. The molecule has 0 aliphatic carbocycles. The van der Waals surface area contributed by atoms with Gasteiger partial charge in [0, 0.05) is 18.1 Å². The smallest absolute Gasteiger partial charge is 0.274 e. The molecule has 0 atom stereocenters. The normalized spacial score (nSPS) is 10.8. The number of fused-ring (bicyclic) bond motifs is 1. The zero-order valence-corrected chi connectivity index (χ0v) is 14.9. The van der Waals surface area contributed by atoms with Crippen molar-refractivity contribution in [2.24, 2.45) is 0 Å². The SMILES string of the molecule is COCCn1nc(CNC(=O)c2cccc(C)c2)c2ccccc2c1=O. The van der Waals surface area contributed by atoms with Crippen LogP contribution in [0.5, 0.6) is 0 Å². The minimum atomic E-state index is -0.172. The summed E-state index contributed by atoms with van der Waals surface area (Å²) < 4.78 is 6.44. The van der Waals surface area contributed by atoms with E-state index in [9.17, 15) is 9.59 Å². The Bertz CT molecular complexity index is 995. The molecule has 0 aliphatic heterocycles. The maximum absolute atomic E-state index is 12.5. The van der Waals surface area contributed by atoms with E-state index in [-0.39, 0.29) is 18.0 Å². The molecule has 134 valence electrons. The van der Waals surface area contributed by atoms with Crippen molar-refractivity contribution in [2.75, 3.05) is 13.7 Å². The summed E-state index contributed by atoms with van der Waals surface area (Å²) in [4.78, 5) is 24.9. The van der Waals surface area contributed by atoms with Gasteiger partial charge in [0.15, 0.2) is 0 Å². The molecule has 6 nitrogen and oxygen atoms in total. The first-order valence-corrected chi connectivity index (χ1v) is 8.42. The number of carbonyl (C=O) groups excluding carboxylic acids is 1. The summed E-state index contributed by atoms with van der Waals surface area (Å²) in [5.41, 5.74) is 2.11. The van der Waals surface area contributed by atoms with Crippen LogP contribution in [0.25, 0.3) is 10.8 Å². The van der Waals surface area contributed by atoms with Crippen molar-refractivity contribution in [1.82, 2.24) is 15.1 Å². The molecule has 3 aromatic rings. The standard InChI is InChI=1S/C20H21N3O3/c1-14-6-5-7-15(12-14)19(24)21-13-18-16-8-3-4-9-17(16)20(25)23(22-18)10-11-26-2/h3-9,12H,10-11,13H2,1-2H3,(H,21,24). The topological polar surface area (TPSA) is 73.2 Å². The van der Waals surface area contributed by atoms with E-state index in [2.05, 4.69) is 10.4 Å². The predicted octanol–water partition coefficient (Wildman–Crippen LogP) is 2.28. The van der Waals surface area contributed by atoms with Crippen molar-refractivity contribution >= 4 is 16.7 Å². The Morgan fingerprint density at radius 3 is 2.65 bits per heavy atom. The number of methoxy groups -OCH3 is 1. The van der Waals surface area contributed by atoms with Crippen LogP contribution in [-0.4, -0.2) is 29.4 Å². The highest BCUT2D eigenvalue weighted by atomic mass is 16.5. The molecule has 1 N–H and O–H groups in total. The highest BCUT2D eigenvalue weighted by Gasteiger charge is 2.12. The van der Waals surface area contributed by atoms with Crippen LogP contribution in [-0.2, 0) is 17.8 Å². The molecule has 0 bridgehead atoms. The summed E-state index contributed by atoms with van der Waals surface area (Å²) in [6.45, 7) is 2.93. The van der Waals surface area contributed by atoms with Crippen LogP contribution >= 0.6 is 0 Å². The average Bonchev–Trinajstić information content (AvgIpc) is 2.66. The van der Waals surface area contributed by atoms with Gasteiger partial charge in [-0.3, -0.25) is 9.59 Å². The van der Waals surface area contributed by atoms with Crippen LogP contribution in [0.3, 0.4) is 0 Å². The number of nitrogens with zero attached hydrogens (tertiary/aromatic N) is 2. The number of aryl methyl sites for hydroxylation is 1. The van der Waals surface area contributed by atoms with Gasteiger partial charge in [0.25, 0.3) is 11.5 Å². The summed E-state index contributed by atoms with van der Waals surface area (Å²) in [5.74, 6) is -0.172. The molecular formula is C20H21N3O3. The Morgan fingerprint density at radius 2 is 1.92 bits per heavy atom. The summed E-state index contributed by atoms with van der Waals surface area (Å²) in [6.07, 6.45) is 0. The Kier molecular flexibility index (Phi) is 5.43. The molecule has 0 fully saturated rings. The maximum Gasteiger partial charge on any atom is 0.274 e. The number of ether oxygens (including phenoxy) is 1. The van der Waals surface area contributed by atoms with E-state index >= 15 is 0 Å². The molecule has 0 spiro atoms. The van der Waals surface area contributed by atoms with Gasteiger partial charge in [-0.15, -0.1) is 0 Å². The van der Waals surface area contributed by atoms with E-state index < -0.39 is 0 Å². The van der Waals surface area contributed by atoms with Crippen LogP contribution in [0.4, 0.5) is 0 Å². The van der Waals surface area contributed by atoms with E-state index in [0.717, 1.165) is 10.9 Å². The molecule has 2 aromatic carbocycles. The lowest BCUT2D eigenvalue weighted by molar-refractivity contribution is 0.0950. The molecule has 0 saturated heterocycles.